The minimum atomic E-state index is -0.967. The molecule has 0 fully saturated rings. The van der Waals surface area contributed by atoms with Gasteiger partial charge in [-0.1, -0.05) is 26.0 Å². The predicted octanol–water partition coefficient (Wildman–Crippen LogP) is 5.77. The van der Waals surface area contributed by atoms with Crippen LogP contribution < -0.4 is 0 Å². The van der Waals surface area contributed by atoms with Crippen molar-refractivity contribution in [3.8, 4) is 22.9 Å². The molecule has 0 atom stereocenters. The molecule has 5 aromatic rings. The summed E-state index contributed by atoms with van der Waals surface area (Å²) in [6, 6.07) is 17.4. The first-order valence-electron chi connectivity index (χ1n) is 11.0. The molecule has 7 heteroatoms. The Morgan fingerprint density at radius 3 is 2.62 bits per heavy atom. The number of fused-ring (bicyclic) bond motifs is 2. The summed E-state index contributed by atoms with van der Waals surface area (Å²) in [6.07, 6.45) is 3.90. The second-order valence-corrected chi connectivity index (χ2v) is 9.14. The van der Waals surface area contributed by atoms with Crippen LogP contribution in [-0.2, 0) is 5.41 Å². The molecule has 0 bridgehead atoms. The van der Waals surface area contributed by atoms with Gasteiger partial charge in [0.1, 0.15) is 0 Å². The van der Waals surface area contributed by atoms with E-state index in [0.717, 1.165) is 50.0 Å². The Balaban J connectivity index is 1.96. The minimum absolute atomic E-state index is 0.228. The van der Waals surface area contributed by atoms with Crippen molar-refractivity contribution in [2.45, 2.75) is 32.6 Å². The number of rotatable bonds is 5. The Labute approximate surface area is 196 Å². The van der Waals surface area contributed by atoms with Crippen molar-refractivity contribution in [1.82, 2.24) is 19.7 Å². The van der Waals surface area contributed by atoms with Crippen molar-refractivity contribution in [3.63, 3.8) is 0 Å². The summed E-state index contributed by atoms with van der Waals surface area (Å²) in [6.45, 7) is 6.09. The van der Waals surface area contributed by atoms with Gasteiger partial charge in [0.05, 0.1) is 28.9 Å². The largest absolute Gasteiger partial charge is 0.478 e. The average Bonchev–Trinajstić information content (AvgIpc) is 3.39. The van der Waals surface area contributed by atoms with E-state index in [4.69, 9.17) is 0 Å². The zero-order valence-electron chi connectivity index (χ0n) is 19.1. The van der Waals surface area contributed by atoms with Crippen LogP contribution in [-0.4, -0.2) is 30.8 Å². The van der Waals surface area contributed by atoms with E-state index in [-0.39, 0.29) is 5.56 Å². The predicted molar refractivity (Wildman–Crippen MR) is 131 cm³/mol. The van der Waals surface area contributed by atoms with E-state index < -0.39 is 11.4 Å². The molecule has 2 N–H and O–H groups in total. The van der Waals surface area contributed by atoms with Crippen LogP contribution >= 0.6 is 0 Å². The maximum atomic E-state index is 11.5. The van der Waals surface area contributed by atoms with Crippen LogP contribution in [0.25, 0.3) is 38.6 Å². The Morgan fingerprint density at radius 1 is 1.18 bits per heavy atom. The number of carboxylic acid groups (broad SMARTS) is 1. The molecule has 0 saturated heterocycles. The molecule has 7 nitrogen and oxygen atoms in total. The number of aryl methyl sites for hydroxylation is 1. The Kier molecular flexibility index (Phi) is 4.94. The van der Waals surface area contributed by atoms with Gasteiger partial charge in [-0.25, -0.2) is 4.79 Å². The van der Waals surface area contributed by atoms with Crippen LogP contribution in [0.2, 0.25) is 0 Å². The fraction of sp³-hybridized carbons (Fsp3) is 0.185. The van der Waals surface area contributed by atoms with Crippen LogP contribution in [0.1, 0.15) is 42.0 Å². The molecule has 0 spiro atoms. The number of nitrogens with one attached hydrogen (secondary N) is 1. The summed E-state index contributed by atoms with van der Waals surface area (Å²) in [5.74, 6) is -0.967. The minimum Gasteiger partial charge on any atom is -0.478 e. The molecule has 34 heavy (non-hydrogen) atoms. The molecule has 3 heterocycles. The lowest BCUT2D eigenvalue weighted by Crippen LogP contribution is -2.22. The van der Waals surface area contributed by atoms with Crippen LogP contribution in [0, 0.1) is 18.3 Å². The highest BCUT2D eigenvalue weighted by atomic mass is 16.4. The van der Waals surface area contributed by atoms with Gasteiger partial charge in [0, 0.05) is 51.4 Å². The highest BCUT2D eigenvalue weighted by molar-refractivity contribution is 6.06. The molecule has 168 valence electrons. The van der Waals surface area contributed by atoms with E-state index in [2.05, 4.69) is 51.8 Å². The van der Waals surface area contributed by atoms with Crippen molar-refractivity contribution in [1.29, 1.82) is 5.26 Å². The Hall–Kier alpha value is -4.44. The second-order valence-electron chi connectivity index (χ2n) is 9.14. The molecular weight excluding hydrogens is 426 g/mol. The highest BCUT2D eigenvalue weighted by Gasteiger charge is 2.32. The zero-order valence-corrected chi connectivity index (χ0v) is 19.1. The van der Waals surface area contributed by atoms with Crippen LogP contribution in [0.4, 0.5) is 0 Å². The summed E-state index contributed by atoms with van der Waals surface area (Å²) in [5, 5.41) is 28.3. The van der Waals surface area contributed by atoms with Gasteiger partial charge in [-0.2, -0.15) is 10.4 Å². The number of aromatic amines is 1. The summed E-state index contributed by atoms with van der Waals surface area (Å²) in [7, 11) is 0. The Morgan fingerprint density at radius 2 is 1.94 bits per heavy atom. The number of aromatic nitrogens is 4. The van der Waals surface area contributed by atoms with Gasteiger partial charge < -0.3 is 9.67 Å². The first kappa shape index (κ1) is 21.4. The molecule has 0 aliphatic rings. The molecule has 3 aromatic heterocycles. The summed E-state index contributed by atoms with van der Waals surface area (Å²) < 4.78 is 2.20. The molecule has 0 aliphatic heterocycles. The van der Waals surface area contributed by atoms with E-state index in [1.165, 1.54) is 0 Å². The lowest BCUT2D eigenvalue weighted by atomic mass is 9.81. The van der Waals surface area contributed by atoms with Gasteiger partial charge in [-0.05, 0) is 48.9 Å². The summed E-state index contributed by atoms with van der Waals surface area (Å²) in [5.41, 5.74) is 6.30. The van der Waals surface area contributed by atoms with E-state index in [0.29, 0.717) is 6.42 Å². The molecular formula is C27H23N5O2. The zero-order chi connectivity index (χ0) is 24.0. The van der Waals surface area contributed by atoms with Crippen molar-refractivity contribution in [3.05, 3.63) is 77.9 Å². The third-order valence-corrected chi connectivity index (χ3v) is 6.25. The third kappa shape index (κ3) is 3.41. The average molecular weight is 450 g/mol. The SMILES string of the molecule is Cc1cc(-n2c(C(C)(C)CC#N)c(-c3ccc(C(=O)O)cc3)c3cc4[nH]ncc4cc32)ccn1. The quantitative estimate of drug-likeness (QED) is 0.354. The standard InChI is InChI=1S/C27H23N5O2/c1-16-12-20(8-11-29-16)32-23-13-19-15-30-31-22(19)14-21(23)24(25(32)27(2,3)9-10-28)17-4-6-18(7-5-17)26(33)34/h4-8,11-15H,9H2,1-3H3,(H,30,31)(H,33,34). The molecule has 5 rings (SSSR count). The van der Waals surface area contributed by atoms with Gasteiger partial charge in [-0.15, -0.1) is 0 Å². The van der Waals surface area contributed by atoms with Gasteiger partial charge >= 0.3 is 5.97 Å². The van der Waals surface area contributed by atoms with Gasteiger partial charge in [0.15, 0.2) is 0 Å². The number of carbonyl (C=O) groups is 1. The monoisotopic (exact) mass is 449 g/mol. The van der Waals surface area contributed by atoms with Gasteiger partial charge in [-0.3, -0.25) is 10.1 Å². The molecule has 0 amide bonds. The topological polar surface area (TPSA) is 108 Å². The molecule has 0 aliphatic carbocycles. The smallest absolute Gasteiger partial charge is 0.335 e. The first-order chi connectivity index (χ1) is 16.3. The van der Waals surface area contributed by atoms with E-state index in [1.807, 2.05) is 31.2 Å². The van der Waals surface area contributed by atoms with Crippen LogP contribution in [0.3, 0.4) is 0 Å². The van der Waals surface area contributed by atoms with Crippen molar-refractivity contribution in [2.24, 2.45) is 0 Å². The van der Waals surface area contributed by atoms with Crippen LogP contribution in [0.5, 0.6) is 0 Å². The highest BCUT2D eigenvalue weighted by Crippen LogP contribution is 2.45. The number of nitriles is 1. The fourth-order valence-electron chi connectivity index (χ4n) is 4.66. The lowest BCUT2D eigenvalue weighted by molar-refractivity contribution is 0.0697. The number of nitrogens with zero attached hydrogens (tertiary/aromatic N) is 4. The summed E-state index contributed by atoms with van der Waals surface area (Å²) >= 11 is 0. The first-order valence-corrected chi connectivity index (χ1v) is 11.0. The van der Waals surface area contributed by atoms with Crippen molar-refractivity contribution in [2.75, 3.05) is 0 Å². The number of benzene rings is 2. The lowest BCUT2D eigenvalue weighted by Gasteiger charge is -2.26. The number of hydrogen-bond acceptors (Lipinski definition) is 4. The molecule has 0 unspecified atom stereocenters. The van der Waals surface area contributed by atoms with Crippen LogP contribution in [0.15, 0.2) is 60.9 Å². The normalized spacial score (nSPS) is 11.7. The third-order valence-electron chi connectivity index (χ3n) is 6.25. The molecule has 0 saturated carbocycles. The van der Waals surface area contributed by atoms with Crippen molar-refractivity contribution < 1.29 is 9.90 Å². The van der Waals surface area contributed by atoms with Gasteiger partial charge in [0.25, 0.3) is 0 Å². The summed E-state index contributed by atoms with van der Waals surface area (Å²) in [4.78, 5) is 15.8. The molecule has 2 aromatic carbocycles. The molecule has 0 radical (unpaired) electrons. The second kappa shape index (κ2) is 7.85. The van der Waals surface area contributed by atoms with E-state index in [9.17, 15) is 15.2 Å². The maximum Gasteiger partial charge on any atom is 0.335 e. The van der Waals surface area contributed by atoms with E-state index in [1.54, 1.807) is 24.5 Å². The fourth-order valence-corrected chi connectivity index (χ4v) is 4.66. The number of pyridine rings is 1. The van der Waals surface area contributed by atoms with Gasteiger partial charge in [0.2, 0.25) is 0 Å². The number of aromatic carboxylic acids is 1. The Bertz CT molecular complexity index is 1600. The number of hydrogen-bond donors (Lipinski definition) is 2. The maximum absolute atomic E-state index is 11.5. The van der Waals surface area contributed by atoms with E-state index >= 15 is 0 Å². The van der Waals surface area contributed by atoms with Crippen molar-refractivity contribution >= 4 is 27.8 Å². The number of H-pyrrole nitrogens is 1. The number of carboxylic acids is 1.